The zero-order chi connectivity index (χ0) is 16.2. The van der Waals surface area contributed by atoms with Crippen LogP contribution in [0.2, 0.25) is 0 Å². The van der Waals surface area contributed by atoms with E-state index in [1.807, 2.05) is 24.3 Å². The molecule has 0 spiro atoms. The van der Waals surface area contributed by atoms with E-state index >= 15 is 0 Å². The lowest BCUT2D eigenvalue weighted by molar-refractivity contribution is 0.201. The number of rotatable bonds is 5. The Morgan fingerprint density at radius 3 is 2.52 bits per heavy atom. The van der Waals surface area contributed by atoms with Gasteiger partial charge >= 0.3 is 0 Å². The lowest BCUT2D eigenvalue weighted by atomic mass is 10.2. The van der Waals surface area contributed by atoms with Crippen LogP contribution in [0.15, 0.2) is 65.6 Å². The third-order valence-electron chi connectivity index (χ3n) is 3.95. The molecule has 4 nitrogen and oxygen atoms in total. The number of nitrogens with zero attached hydrogens (tertiary/aromatic N) is 3. The van der Waals surface area contributed by atoms with Crippen molar-refractivity contribution < 1.29 is 0 Å². The number of benzene rings is 1. The predicted octanol–water partition coefficient (Wildman–Crippen LogP) is 3.11. The van der Waals surface area contributed by atoms with Gasteiger partial charge in [0.2, 0.25) is 0 Å². The van der Waals surface area contributed by atoms with Gasteiger partial charge in [0, 0.05) is 31.4 Å². The van der Waals surface area contributed by atoms with Gasteiger partial charge in [-0.05, 0) is 31.5 Å². The molecule has 0 aliphatic carbocycles. The lowest BCUT2D eigenvalue weighted by Crippen LogP contribution is -2.31. The monoisotopic (exact) mass is 307 g/mol. The minimum atomic E-state index is -0.0333. The van der Waals surface area contributed by atoms with Crippen LogP contribution in [0.25, 0.3) is 5.65 Å². The molecule has 0 saturated heterocycles. The molecule has 0 N–H and O–H groups in total. The quantitative estimate of drug-likeness (QED) is 0.727. The first-order valence-corrected chi connectivity index (χ1v) is 7.89. The Balaban J connectivity index is 1.87. The smallest absolute Gasteiger partial charge is 0.258 e. The fraction of sp³-hybridized carbons (Fsp3) is 0.263. The molecule has 0 aliphatic heterocycles. The number of hydrogen-bond donors (Lipinski definition) is 0. The highest BCUT2D eigenvalue weighted by atomic mass is 16.1. The van der Waals surface area contributed by atoms with Crippen LogP contribution in [0.5, 0.6) is 0 Å². The van der Waals surface area contributed by atoms with Crippen LogP contribution in [0.4, 0.5) is 0 Å². The van der Waals surface area contributed by atoms with Gasteiger partial charge in [-0.2, -0.15) is 0 Å². The molecule has 0 amide bonds. The average Bonchev–Trinajstić information content (AvgIpc) is 2.55. The molecule has 0 saturated carbocycles. The molecular formula is C19H21N3O. The Morgan fingerprint density at radius 1 is 1.04 bits per heavy atom. The van der Waals surface area contributed by atoms with Crippen LogP contribution in [0, 0.1) is 0 Å². The molecule has 2 heterocycles. The van der Waals surface area contributed by atoms with Gasteiger partial charge in [0.05, 0.1) is 5.69 Å². The van der Waals surface area contributed by atoms with E-state index in [0.717, 1.165) is 12.2 Å². The normalized spacial score (nSPS) is 11.5. The summed E-state index contributed by atoms with van der Waals surface area (Å²) in [5.74, 6) is 0. The van der Waals surface area contributed by atoms with Crippen molar-refractivity contribution in [2.24, 2.45) is 0 Å². The largest absolute Gasteiger partial charge is 0.291 e. The number of pyridine rings is 1. The molecule has 4 heteroatoms. The number of aromatic nitrogens is 2. The Bertz CT molecular complexity index is 840. The summed E-state index contributed by atoms with van der Waals surface area (Å²) in [5, 5.41) is 0. The summed E-state index contributed by atoms with van der Waals surface area (Å²) in [7, 11) is 0. The van der Waals surface area contributed by atoms with Crippen molar-refractivity contribution in [3.05, 3.63) is 82.4 Å². The maximum atomic E-state index is 12.2. The van der Waals surface area contributed by atoms with E-state index in [2.05, 4.69) is 48.0 Å². The molecule has 0 atom stereocenters. The average molecular weight is 307 g/mol. The van der Waals surface area contributed by atoms with E-state index in [-0.39, 0.29) is 5.56 Å². The van der Waals surface area contributed by atoms with Crippen LogP contribution in [-0.2, 0) is 13.1 Å². The minimum absolute atomic E-state index is 0.0333. The second-order valence-electron chi connectivity index (χ2n) is 6.00. The molecular weight excluding hydrogens is 286 g/mol. The maximum Gasteiger partial charge on any atom is 0.258 e. The lowest BCUT2D eigenvalue weighted by Gasteiger charge is -2.26. The van der Waals surface area contributed by atoms with Crippen molar-refractivity contribution in [2.75, 3.05) is 0 Å². The molecule has 0 unspecified atom stereocenters. The number of fused-ring (bicyclic) bond motifs is 1. The number of hydrogen-bond acceptors (Lipinski definition) is 3. The molecule has 0 radical (unpaired) electrons. The van der Waals surface area contributed by atoms with Gasteiger partial charge < -0.3 is 0 Å². The highest BCUT2D eigenvalue weighted by Crippen LogP contribution is 2.12. The SMILES string of the molecule is CC(C)N(Cc1ccccc1)Cc1cc(=O)n2ccccc2n1. The summed E-state index contributed by atoms with van der Waals surface area (Å²) in [6.07, 6.45) is 1.75. The first-order valence-electron chi connectivity index (χ1n) is 7.89. The van der Waals surface area contributed by atoms with E-state index in [9.17, 15) is 4.79 Å². The summed E-state index contributed by atoms with van der Waals surface area (Å²) >= 11 is 0. The van der Waals surface area contributed by atoms with E-state index < -0.39 is 0 Å². The van der Waals surface area contributed by atoms with Crippen LogP contribution in [0.3, 0.4) is 0 Å². The van der Waals surface area contributed by atoms with Crippen LogP contribution >= 0.6 is 0 Å². The van der Waals surface area contributed by atoms with Crippen LogP contribution in [-0.4, -0.2) is 20.3 Å². The van der Waals surface area contributed by atoms with Crippen molar-refractivity contribution in [3.63, 3.8) is 0 Å². The van der Waals surface area contributed by atoms with Crippen molar-refractivity contribution in [1.82, 2.24) is 14.3 Å². The molecule has 2 aromatic heterocycles. The fourth-order valence-corrected chi connectivity index (χ4v) is 2.63. The second-order valence-corrected chi connectivity index (χ2v) is 6.00. The van der Waals surface area contributed by atoms with Gasteiger partial charge in [0.1, 0.15) is 5.65 Å². The first kappa shape index (κ1) is 15.4. The van der Waals surface area contributed by atoms with Crippen molar-refractivity contribution in [1.29, 1.82) is 0 Å². The summed E-state index contributed by atoms with van der Waals surface area (Å²) in [4.78, 5) is 19.2. The molecule has 0 fully saturated rings. The molecule has 0 bridgehead atoms. The summed E-state index contributed by atoms with van der Waals surface area (Å²) in [6.45, 7) is 5.83. The van der Waals surface area contributed by atoms with Gasteiger partial charge in [0.15, 0.2) is 0 Å². The zero-order valence-electron chi connectivity index (χ0n) is 13.5. The molecule has 3 aromatic rings. The Hall–Kier alpha value is -2.46. The Morgan fingerprint density at radius 2 is 1.78 bits per heavy atom. The molecule has 1 aromatic carbocycles. The van der Waals surface area contributed by atoms with E-state index in [1.165, 1.54) is 5.56 Å². The molecule has 118 valence electrons. The topological polar surface area (TPSA) is 37.6 Å². The van der Waals surface area contributed by atoms with Gasteiger partial charge in [-0.3, -0.25) is 14.1 Å². The Kier molecular flexibility index (Phi) is 4.53. The van der Waals surface area contributed by atoms with Gasteiger partial charge in [-0.1, -0.05) is 36.4 Å². The first-order chi connectivity index (χ1) is 11.1. The van der Waals surface area contributed by atoms with Gasteiger partial charge in [0.25, 0.3) is 5.56 Å². The standard InChI is InChI=1S/C19H21N3O/c1-15(2)21(13-16-8-4-3-5-9-16)14-17-12-19(23)22-11-7-6-10-18(22)20-17/h3-12,15H,13-14H2,1-2H3. The fourth-order valence-electron chi connectivity index (χ4n) is 2.63. The summed E-state index contributed by atoms with van der Waals surface area (Å²) in [5.41, 5.74) is 2.73. The highest BCUT2D eigenvalue weighted by Gasteiger charge is 2.13. The summed E-state index contributed by atoms with van der Waals surface area (Å²) in [6, 6.07) is 18.0. The highest BCUT2D eigenvalue weighted by molar-refractivity contribution is 5.38. The van der Waals surface area contributed by atoms with Crippen LogP contribution in [0.1, 0.15) is 25.1 Å². The van der Waals surface area contributed by atoms with Gasteiger partial charge in [-0.25, -0.2) is 4.98 Å². The maximum absolute atomic E-state index is 12.2. The zero-order valence-corrected chi connectivity index (χ0v) is 13.5. The second kappa shape index (κ2) is 6.75. The molecule has 3 rings (SSSR count). The van der Waals surface area contributed by atoms with Crippen molar-refractivity contribution in [3.8, 4) is 0 Å². The minimum Gasteiger partial charge on any atom is -0.291 e. The van der Waals surface area contributed by atoms with E-state index in [4.69, 9.17) is 0 Å². The molecule has 23 heavy (non-hydrogen) atoms. The Labute approximate surface area is 136 Å². The predicted molar refractivity (Wildman–Crippen MR) is 92.3 cm³/mol. The van der Waals surface area contributed by atoms with E-state index in [0.29, 0.717) is 18.2 Å². The van der Waals surface area contributed by atoms with Crippen LogP contribution < -0.4 is 5.56 Å². The van der Waals surface area contributed by atoms with Gasteiger partial charge in [-0.15, -0.1) is 0 Å². The third-order valence-corrected chi connectivity index (χ3v) is 3.95. The third kappa shape index (κ3) is 3.66. The van der Waals surface area contributed by atoms with Crippen molar-refractivity contribution in [2.45, 2.75) is 33.0 Å². The van der Waals surface area contributed by atoms with Crippen molar-refractivity contribution >= 4 is 5.65 Å². The molecule has 0 aliphatic rings. The summed E-state index contributed by atoms with van der Waals surface area (Å²) < 4.78 is 1.57. The van der Waals surface area contributed by atoms with E-state index in [1.54, 1.807) is 16.7 Å².